The first-order valence-electron chi connectivity index (χ1n) is 8.77. The van der Waals surface area contributed by atoms with Gasteiger partial charge >= 0.3 is 0 Å². The number of carbonyl (C=O) groups is 2. The first kappa shape index (κ1) is 20.5. The molecule has 2 aromatic carbocycles. The van der Waals surface area contributed by atoms with Crippen LogP contribution < -0.4 is 10.0 Å². The van der Waals surface area contributed by atoms with Gasteiger partial charge in [0.15, 0.2) is 0 Å². The number of hydrogen-bond donors (Lipinski definition) is 2. The van der Waals surface area contributed by atoms with E-state index in [4.69, 9.17) is 16.0 Å². The number of fused-ring (bicyclic) bond motifs is 1. The van der Waals surface area contributed by atoms with Crippen molar-refractivity contribution in [3.8, 4) is 0 Å². The Balaban J connectivity index is 1.58. The molecular formula is C20H15ClN2O5S2. The molecule has 7 nitrogen and oxygen atoms in total. The molecule has 0 aliphatic carbocycles. The zero-order chi connectivity index (χ0) is 21.3. The molecule has 10 heteroatoms. The number of para-hydroxylation sites is 1. The summed E-state index contributed by atoms with van der Waals surface area (Å²) in [4.78, 5) is 23.6. The van der Waals surface area contributed by atoms with Crippen LogP contribution in [0.2, 0.25) is 5.02 Å². The highest BCUT2D eigenvalue weighted by atomic mass is 35.5. The third kappa shape index (κ3) is 4.53. The van der Waals surface area contributed by atoms with Crippen LogP contribution in [-0.2, 0) is 19.6 Å². The van der Waals surface area contributed by atoms with E-state index in [1.54, 1.807) is 36.4 Å². The van der Waals surface area contributed by atoms with E-state index in [0.29, 0.717) is 32.2 Å². The van der Waals surface area contributed by atoms with Crippen molar-refractivity contribution in [3.05, 3.63) is 65.2 Å². The van der Waals surface area contributed by atoms with Gasteiger partial charge in [0.25, 0.3) is 15.9 Å². The summed E-state index contributed by atoms with van der Waals surface area (Å²) < 4.78 is 33.7. The standard InChI is InChI=1S/C20H15ClN2O5S2/c21-14-5-6-17(29-11-12-7-18(24)22-19(25)8-12)15(10-14)23-30(26,27)20-9-13-3-1-2-4-16(13)28-20/h1-7,9-10,23H,8,11H2,(H,22,24,25). The number of halogens is 1. The normalized spacial score (nSPS) is 14.5. The smallest absolute Gasteiger partial charge is 0.295 e. The maximum atomic E-state index is 12.9. The molecular weight excluding hydrogens is 448 g/mol. The van der Waals surface area contributed by atoms with Gasteiger partial charge in [-0.15, -0.1) is 11.8 Å². The predicted molar refractivity (Wildman–Crippen MR) is 115 cm³/mol. The summed E-state index contributed by atoms with van der Waals surface area (Å²) in [5.41, 5.74) is 1.39. The first-order chi connectivity index (χ1) is 14.3. The second-order valence-electron chi connectivity index (χ2n) is 6.53. The molecule has 0 fully saturated rings. The van der Waals surface area contributed by atoms with Crippen molar-refractivity contribution >= 4 is 61.9 Å². The van der Waals surface area contributed by atoms with Gasteiger partial charge in [-0.25, -0.2) is 0 Å². The lowest BCUT2D eigenvalue weighted by molar-refractivity contribution is -0.128. The SMILES string of the molecule is O=C1C=C(CSc2ccc(Cl)cc2NS(=O)(=O)c2cc3ccccc3o2)CC(=O)N1. The second kappa shape index (κ2) is 8.17. The number of thioether (sulfide) groups is 1. The minimum atomic E-state index is -4.00. The summed E-state index contributed by atoms with van der Waals surface area (Å²) in [7, 11) is -4.00. The lowest BCUT2D eigenvalue weighted by Gasteiger charge is -2.14. The van der Waals surface area contributed by atoms with Gasteiger partial charge in [-0.05, 0) is 29.8 Å². The van der Waals surface area contributed by atoms with E-state index in [0.717, 1.165) is 0 Å². The maximum Gasteiger partial charge on any atom is 0.295 e. The minimum absolute atomic E-state index is 0.117. The summed E-state index contributed by atoms with van der Waals surface area (Å²) in [5, 5.41) is 3.02. The van der Waals surface area contributed by atoms with Crippen molar-refractivity contribution in [2.75, 3.05) is 10.5 Å². The third-order valence-electron chi connectivity index (χ3n) is 4.25. The topological polar surface area (TPSA) is 105 Å². The maximum absolute atomic E-state index is 12.9. The number of hydrogen-bond acceptors (Lipinski definition) is 6. The van der Waals surface area contributed by atoms with Gasteiger partial charge in [-0.2, -0.15) is 8.42 Å². The van der Waals surface area contributed by atoms with Crippen LogP contribution in [-0.4, -0.2) is 26.0 Å². The minimum Gasteiger partial charge on any atom is -0.443 e. The van der Waals surface area contributed by atoms with Crippen LogP contribution in [0.1, 0.15) is 6.42 Å². The molecule has 1 aliphatic rings. The molecule has 3 aromatic rings. The highest BCUT2D eigenvalue weighted by Crippen LogP contribution is 2.34. The van der Waals surface area contributed by atoms with Crippen LogP contribution in [0.5, 0.6) is 0 Å². The Bertz CT molecular complexity index is 1260. The Labute approximate surface area is 181 Å². The third-order valence-corrected chi connectivity index (χ3v) is 6.89. The fourth-order valence-corrected chi connectivity index (χ4v) is 5.15. The number of anilines is 1. The Morgan fingerprint density at radius 1 is 1.13 bits per heavy atom. The molecule has 0 bridgehead atoms. The van der Waals surface area contributed by atoms with Crippen LogP contribution in [0, 0.1) is 0 Å². The largest absolute Gasteiger partial charge is 0.443 e. The van der Waals surface area contributed by atoms with Gasteiger partial charge in [-0.1, -0.05) is 29.8 Å². The van der Waals surface area contributed by atoms with E-state index in [2.05, 4.69) is 10.0 Å². The van der Waals surface area contributed by atoms with Crippen LogP contribution in [0.15, 0.2) is 74.6 Å². The molecule has 1 aromatic heterocycles. The number of imide groups is 1. The summed E-state index contributed by atoms with van der Waals surface area (Å²) in [5.74, 6) is -0.469. The van der Waals surface area contributed by atoms with Crippen molar-refractivity contribution in [2.45, 2.75) is 16.4 Å². The van der Waals surface area contributed by atoms with Gasteiger partial charge in [0.05, 0.1) is 5.69 Å². The monoisotopic (exact) mass is 462 g/mol. The van der Waals surface area contributed by atoms with Crippen molar-refractivity contribution in [2.24, 2.45) is 0 Å². The Hall–Kier alpha value is -2.75. The lowest BCUT2D eigenvalue weighted by Crippen LogP contribution is -2.33. The fraction of sp³-hybridized carbons (Fsp3) is 0.100. The molecule has 2 heterocycles. The lowest BCUT2D eigenvalue weighted by atomic mass is 10.1. The Morgan fingerprint density at radius 2 is 1.93 bits per heavy atom. The van der Waals surface area contributed by atoms with Gasteiger partial charge < -0.3 is 4.42 Å². The van der Waals surface area contributed by atoms with Gasteiger partial charge in [0.2, 0.25) is 11.0 Å². The molecule has 30 heavy (non-hydrogen) atoms. The number of benzene rings is 2. The molecule has 0 spiro atoms. The molecule has 2 N–H and O–H groups in total. The van der Waals surface area contributed by atoms with E-state index in [1.807, 2.05) is 0 Å². The first-order valence-corrected chi connectivity index (χ1v) is 11.6. The van der Waals surface area contributed by atoms with Gasteiger partial charge in [0, 0.05) is 39.6 Å². The quantitative estimate of drug-likeness (QED) is 0.424. The highest BCUT2D eigenvalue weighted by molar-refractivity contribution is 7.99. The zero-order valence-electron chi connectivity index (χ0n) is 15.3. The van der Waals surface area contributed by atoms with E-state index in [1.165, 1.54) is 30.0 Å². The molecule has 0 radical (unpaired) electrons. The number of sulfonamides is 1. The van der Waals surface area contributed by atoms with Crippen LogP contribution in [0.25, 0.3) is 11.0 Å². The molecule has 2 amide bonds. The number of rotatable bonds is 6. The molecule has 0 atom stereocenters. The molecule has 0 saturated heterocycles. The molecule has 154 valence electrons. The summed E-state index contributed by atoms with van der Waals surface area (Å²) >= 11 is 7.36. The number of carbonyl (C=O) groups excluding carboxylic acids is 2. The fourth-order valence-electron chi connectivity index (χ4n) is 2.92. The Kier molecular flexibility index (Phi) is 5.59. The number of nitrogens with one attached hydrogen (secondary N) is 2. The average molecular weight is 463 g/mol. The van der Waals surface area contributed by atoms with E-state index in [9.17, 15) is 18.0 Å². The van der Waals surface area contributed by atoms with Crippen molar-refractivity contribution in [1.29, 1.82) is 0 Å². The summed E-state index contributed by atoms with van der Waals surface area (Å²) in [6.45, 7) is 0. The molecule has 0 saturated carbocycles. The zero-order valence-corrected chi connectivity index (χ0v) is 17.7. The predicted octanol–water partition coefficient (Wildman–Crippen LogP) is 3.95. The molecule has 4 rings (SSSR count). The van der Waals surface area contributed by atoms with Crippen LogP contribution in [0.3, 0.4) is 0 Å². The van der Waals surface area contributed by atoms with Crippen LogP contribution >= 0.6 is 23.4 Å². The van der Waals surface area contributed by atoms with Gasteiger partial charge in [0.1, 0.15) is 5.58 Å². The number of furan rings is 1. The van der Waals surface area contributed by atoms with Gasteiger partial charge in [-0.3, -0.25) is 19.6 Å². The molecule has 0 unspecified atom stereocenters. The van der Waals surface area contributed by atoms with Crippen molar-refractivity contribution < 1.29 is 22.4 Å². The Morgan fingerprint density at radius 3 is 2.70 bits per heavy atom. The van der Waals surface area contributed by atoms with E-state index in [-0.39, 0.29) is 23.1 Å². The number of amides is 2. The summed E-state index contributed by atoms with van der Waals surface area (Å²) in [6, 6.07) is 13.2. The van der Waals surface area contributed by atoms with Crippen molar-refractivity contribution in [3.63, 3.8) is 0 Å². The van der Waals surface area contributed by atoms with Crippen LogP contribution in [0.4, 0.5) is 5.69 Å². The second-order valence-corrected chi connectivity index (χ2v) is 9.60. The summed E-state index contributed by atoms with van der Waals surface area (Å²) in [6.07, 6.45) is 1.49. The van der Waals surface area contributed by atoms with E-state index >= 15 is 0 Å². The van der Waals surface area contributed by atoms with E-state index < -0.39 is 15.9 Å². The molecule has 1 aliphatic heterocycles. The average Bonchev–Trinajstić information content (AvgIpc) is 3.12. The highest BCUT2D eigenvalue weighted by Gasteiger charge is 2.22. The van der Waals surface area contributed by atoms with Crippen molar-refractivity contribution in [1.82, 2.24) is 5.32 Å².